The first-order chi connectivity index (χ1) is 4.83. The van der Waals surface area contributed by atoms with Crippen molar-refractivity contribution in [3.05, 3.63) is 0 Å². The fourth-order valence-electron chi connectivity index (χ4n) is 0.570. The highest BCUT2D eigenvalue weighted by Crippen LogP contribution is 2.08. The molecule has 0 unspecified atom stereocenters. The maximum absolute atomic E-state index is 4.88. The van der Waals surface area contributed by atoms with E-state index >= 15 is 0 Å². The summed E-state index contributed by atoms with van der Waals surface area (Å²) in [5.74, 6) is 1.06. The van der Waals surface area contributed by atoms with Crippen LogP contribution in [-0.4, -0.2) is 29.6 Å². The van der Waals surface area contributed by atoms with E-state index in [-0.39, 0.29) is 0 Å². The third-order valence-corrected chi connectivity index (χ3v) is 2.23. The molecule has 5 heteroatoms. The van der Waals surface area contributed by atoms with E-state index in [4.69, 9.17) is 12.2 Å². The minimum absolute atomic E-state index is 0.633. The average molecular weight is 175 g/mol. The van der Waals surface area contributed by atoms with Crippen LogP contribution in [0.4, 0.5) is 0 Å². The Labute approximate surface area is 69.7 Å². The van der Waals surface area contributed by atoms with Gasteiger partial charge in [-0.3, -0.25) is 4.99 Å². The van der Waals surface area contributed by atoms with Crippen molar-refractivity contribution < 1.29 is 0 Å². The van der Waals surface area contributed by atoms with Gasteiger partial charge in [0.05, 0.1) is 6.54 Å². The van der Waals surface area contributed by atoms with Gasteiger partial charge in [-0.2, -0.15) is 0 Å². The summed E-state index contributed by atoms with van der Waals surface area (Å²) in [7, 11) is 1.79. The van der Waals surface area contributed by atoms with Gasteiger partial charge in [-0.1, -0.05) is 11.8 Å². The van der Waals surface area contributed by atoms with Gasteiger partial charge in [-0.05, 0) is 12.2 Å². The first-order valence-electron chi connectivity index (χ1n) is 2.99. The zero-order valence-corrected chi connectivity index (χ0v) is 7.31. The van der Waals surface area contributed by atoms with Crippen LogP contribution in [0.1, 0.15) is 0 Å². The largest absolute Gasteiger partial charge is 0.365 e. The SMILES string of the molecule is CNC(=S)NC1=NCCS1. The Morgan fingerprint density at radius 2 is 2.60 bits per heavy atom. The number of rotatable bonds is 0. The van der Waals surface area contributed by atoms with Crippen LogP contribution < -0.4 is 10.6 Å². The number of hydrogen-bond acceptors (Lipinski definition) is 3. The predicted molar refractivity (Wildman–Crippen MR) is 49.6 cm³/mol. The van der Waals surface area contributed by atoms with E-state index in [2.05, 4.69) is 15.6 Å². The highest BCUT2D eigenvalue weighted by molar-refractivity contribution is 8.14. The molecular formula is C5H9N3S2. The Morgan fingerprint density at radius 3 is 3.10 bits per heavy atom. The molecule has 0 saturated heterocycles. The zero-order valence-electron chi connectivity index (χ0n) is 5.68. The van der Waals surface area contributed by atoms with Crippen LogP contribution in [0.25, 0.3) is 0 Å². The summed E-state index contributed by atoms with van der Waals surface area (Å²) in [5, 5.41) is 7.34. The topological polar surface area (TPSA) is 36.4 Å². The minimum Gasteiger partial charge on any atom is -0.365 e. The summed E-state index contributed by atoms with van der Waals surface area (Å²) in [6.45, 7) is 0.902. The molecule has 0 aromatic rings. The fraction of sp³-hybridized carbons (Fsp3) is 0.600. The molecule has 0 radical (unpaired) electrons. The van der Waals surface area contributed by atoms with Gasteiger partial charge in [0.1, 0.15) is 0 Å². The Bertz CT molecular complexity index is 166. The standard InChI is InChI=1S/C5H9N3S2/c1-6-4(9)8-5-7-2-3-10-5/h2-3H2,1H3,(H2,6,7,8,9). The van der Waals surface area contributed by atoms with Crippen LogP contribution in [0.3, 0.4) is 0 Å². The van der Waals surface area contributed by atoms with Crippen LogP contribution in [0.2, 0.25) is 0 Å². The van der Waals surface area contributed by atoms with Crippen LogP contribution in [0.15, 0.2) is 4.99 Å². The number of hydrogen-bond donors (Lipinski definition) is 2. The van der Waals surface area contributed by atoms with Gasteiger partial charge in [-0.25, -0.2) is 0 Å². The number of thioether (sulfide) groups is 1. The van der Waals surface area contributed by atoms with E-state index in [1.54, 1.807) is 18.8 Å². The minimum atomic E-state index is 0.633. The normalized spacial score (nSPS) is 16.3. The fourth-order valence-corrected chi connectivity index (χ4v) is 1.46. The molecule has 0 atom stereocenters. The van der Waals surface area contributed by atoms with Crippen molar-refractivity contribution >= 4 is 34.3 Å². The molecule has 1 heterocycles. The van der Waals surface area contributed by atoms with Crippen molar-refractivity contribution in [1.29, 1.82) is 0 Å². The molecule has 0 bridgehead atoms. The van der Waals surface area contributed by atoms with Crippen molar-refractivity contribution in [3.63, 3.8) is 0 Å². The summed E-state index contributed by atoms with van der Waals surface area (Å²) in [6.07, 6.45) is 0. The van der Waals surface area contributed by atoms with Crippen LogP contribution in [0, 0.1) is 0 Å². The van der Waals surface area contributed by atoms with E-state index in [0.717, 1.165) is 17.5 Å². The van der Waals surface area contributed by atoms with Gasteiger partial charge >= 0.3 is 0 Å². The van der Waals surface area contributed by atoms with Gasteiger partial charge < -0.3 is 10.6 Å². The molecule has 3 nitrogen and oxygen atoms in total. The molecule has 56 valence electrons. The van der Waals surface area contributed by atoms with E-state index in [9.17, 15) is 0 Å². The van der Waals surface area contributed by atoms with Crippen molar-refractivity contribution in [2.45, 2.75) is 0 Å². The quantitative estimate of drug-likeness (QED) is 0.515. The molecule has 1 aliphatic heterocycles. The van der Waals surface area contributed by atoms with Crippen molar-refractivity contribution in [2.75, 3.05) is 19.3 Å². The summed E-state index contributed by atoms with van der Waals surface area (Å²) in [5.41, 5.74) is 0. The van der Waals surface area contributed by atoms with E-state index in [1.165, 1.54) is 0 Å². The molecular weight excluding hydrogens is 166 g/mol. The van der Waals surface area contributed by atoms with Crippen LogP contribution in [0.5, 0.6) is 0 Å². The van der Waals surface area contributed by atoms with E-state index < -0.39 is 0 Å². The molecule has 1 aliphatic rings. The lowest BCUT2D eigenvalue weighted by Gasteiger charge is -2.03. The Morgan fingerprint density at radius 1 is 1.80 bits per heavy atom. The van der Waals surface area contributed by atoms with Crippen LogP contribution >= 0.6 is 24.0 Å². The van der Waals surface area contributed by atoms with E-state index in [1.807, 2.05) is 0 Å². The van der Waals surface area contributed by atoms with E-state index in [0.29, 0.717) is 5.11 Å². The second-order valence-corrected chi connectivity index (χ2v) is 3.23. The van der Waals surface area contributed by atoms with Gasteiger partial charge in [0.15, 0.2) is 10.3 Å². The molecule has 0 amide bonds. The Kier molecular flexibility index (Phi) is 2.95. The Hall–Kier alpha value is -0.290. The lowest BCUT2D eigenvalue weighted by atomic mass is 10.8. The molecule has 0 aromatic carbocycles. The molecule has 1 rings (SSSR count). The lowest BCUT2D eigenvalue weighted by Crippen LogP contribution is -2.35. The maximum Gasteiger partial charge on any atom is 0.172 e. The second kappa shape index (κ2) is 3.78. The second-order valence-electron chi connectivity index (χ2n) is 1.74. The molecule has 0 spiro atoms. The van der Waals surface area contributed by atoms with Crippen molar-refractivity contribution in [1.82, 2.24) is 10.6 Å². The Balaban J connectivity index is 2.30. The summed E-state index contributed by atoms with van der Waals surface area (Å²) in [6, 6.07) is 0. The summed E-state index contributed by atoms with van der Waals surface area (Å²) < 4.78 is 0. The summed E-state index contributed by atoms with van der Waals surface area (Å²) >= 11 is 6.57. The molecule has 0 aliphatic carbocycles. The first kappa shape index (κ1) is 7.81. The molecule has 10 heavy (non-hydrogen) atoms. The zero-order chi connectivity index (χ0) is 7.40. The number of amidine groups is 1. The van der Waals surface area contributed by atoms with Gasteiger partial charge in [0.2, 0.25) is 0 Å². The number of aliphatic imine (C=N–C) groups is 1. The van der Waals surface area contributed by atoms with Crippen LogP contribution in [-0.2, 0) is 0 Å². The summed E-state index contributed by atoms with van der Waals surface area (Å²) in [4.78, 5) is 4.16. The monoisotopic (exact) mass is 175 g/mol. The number of thiocarbonyl (C=S) groups is 1. The first-order valence-corrected chi connectivity index (χ1v) is 4.38. The third-order valence-electron chi connectivity index (χ3n) is 1.03. The lowest BCUT2D eigenvalue weighted by molar-refractivity contribution is 1.12. The molecule has 2 N–H and O–H groups in total. The van der Waals surface area contributed by atoms with Gasteiger partial charge in [0.25, 0.3) is 0 Å². The number of nitrogens with zero attached hydrogens (tertiary/aromatic N) is 1. The molecule has 0 fully saturated rings. The van der Waals surface area contributed by atoms with Crippen molar-refractivity contribution in [3.8, 4) is 0 Å². The average Bonchev–Trinajstić information content (AvgIpc) is 2.40. The maximum atomic E-state index is 4.88. The predicted octanol–water partition coefficient (Wildman–Crippen LogP) is 0.183. The van der Waals surface area contributed by atoms with Gasteiger partial charge in [-0.15, -0.1) is 0 Å². The molecule has 0 aromatic heterocycles. The third kappa shape index (κ3) is 2.15. The highest BCUT2D eigenvalue weighted by atomic mass is 32.2. The van der Waals surface area contributed by atoms with Crippen molar-refractivity contribution in [2.24, 2.45) is 4.99 Å². The highest BCUT2D eigenvalue weighted by Gasteiger charge is 2.06. The smallest absolute Gasteiger partial charge is 0.172 e. The molecule has 0 saturated carbocycles. The number of nitrogens with one attached hydrogen (secondary N) is 2. The van der Waals surface area contributed by atoms with Gasteiger partial charge in [0, 0.05) is 12.8 Å².